The van der Waals surface area contributed by atoms with Gasteiger partial charge in [-0.25, -0.2) is 4.79 Å². The van der Waals surface area contributed by atoms with Gasteiger partial charge in [-0.05, 0) is 48.6 Å². The molecule has 3 aromatic carbocycles. The first kappa shape index (κ1) is 22.9. The number of nitrogens with zero attached hydrogens (tertiary/aromatic N) is 1. The molecule has 0 saturated heterocycles. The monoisotopic (exact) mass is 454 g/mol. The van der Waals surface area contributed by atoms with E-state index in [1.54, 1.807) is 18.2 Å². The van der Waals surface area contributed by atoms with Crippen molar-refractivity contribution < 1.29 is 19.0 Å². The maximum atomic E-state index is 12.4. The fraction of sp³-hybridized carbons (Fsp3) is 0.214. The zero-order chi connectivity index (χ0) is 24.2. The minimum Gasteiger partial charge on any atom is -0.481 e. The number of fused-ring (bicyclic) bond motifs is 1. The first-order valence-corrected chi connectivity index (χ1v) is 11.1. The van der Waals surface area contributed by atoms with Crippen molar-refractivity contribution in [1.82, 2.24) is 0 Å². The van der Waals surface area contributed by atoms with Crippen LogP contribution >= 0.6 is 0 Å². The number of nitrogens with two attached hydrogens (primary N) is 1. The average Bonchev–Trinajstić information content (AvgIpc) is 2.83. The maximum absolute atomic E-state index is 12.4. The molecule has 1 aliphatic rings. The van der Waals surface area contributed by atoms with E-state index in [0.29, 0.717) is 22.8 Å². The van der Waals surface area contributed by atoms with Crippen LogP contribution in [0.2, 0.25) is 0 Å². The van der Waals surface area contributed by atoms with E-state index >= 15 is 0 Å². The van der Waals surface area contributed by atoms with Crippen molar-refractivity contribution in [3.8, 4) is 23.3 Å². The highest BCUT2D eigenvalue weighted by atomic mass is 16.6. The number of ether oxygens (including phenoxy) is 3. The van der Waals surface area contributed by atoms with Gasteiger partial charge in [-0.2, -0.15) is 5.26 Å². The van der Waals surface area contributed by atoms with Crippen molar-refractivity contribution in [3.05, 3.63) is 99.9 Å². The Bertz CT molecular complexity index is 1280. The molecule has 0 bridgehead atoms. The fourth-order valence-corrected chi connectivity index (χ4v) is 4.11. The molecule has 6 nitrogen and oxygen atoms in total. The highest BCUT2D eigenvalue weighted by Gasteiger charge is 2.31. The summed E-state index contributed by atoms with van der Waals surface area (Å²) < 4.78 is 16.9. The number of nitriles is 1. The third-order valence-electron chi connectivity index (χ3n) is 5.89. The van der Waals surface area contributed by atoms with Gasteiger partial charge in [0.05, 0.1) is 5.92 Å². The summed E-state index contributed by atoms with van der Waals surface area (Å²) in [5.41, 5.74) is 11.3. The van der Waals surface area contributed by atoms with Crippen molar-refractivity contribution in [3.63, 3.8) is 0 Å². The lowest BCUT2D eigenvalue weighted by Gasteiger charge is -2.26. The largest absolute Gasteiger partial charge is 0.481 e. The van der Waals surface area contributed by atoms with Crippen LogP contribution in [0.15, 0.2) is 72.1 Å². The lowest BCUT2D eigenvalue weighted by atomic mass is 9.83. The molecule has 0 aromatic heterocycles. The quantitative estimate of drug-likeness (QED) is 0.413. The van der Waals surface area contributed by atoms with Crippen molar-refractivity contribution in [2.75, 3.05) is 6.61 Å². The number of hydrogen-bond acceptors (Lipinski definition) is 6. The Labute approximate surface area is 199 Å². The number of benzene rings is 3. The number of allylic oxidation sites excluding steroid dienone is 1. The number of carbonyl (C=O) groups is 1. The second-order valence-corrected chi connectivity index (χ2v) is 8.20. The first-order chi connectivity index (χ1) is 16.4. The van der Waals surface area contributed by atoms with Gasteiger partial charge in [0, 0.05) is 11.6 Å². The molecule has 1 heterocycles. The molecule has 0 radical (unpaired) electrons. The third-order valence-corrected chi connectivity index (χ3v) is 5.89. The molecule has 1 aliphatic heterocycles. The molecule has 172 valence electrons. The summed E-state index contributed by atoms with van der Waals surface area (Å²) in [6.07, 6.45) is 0.926. The molecule has 1 atom stereocenters. The number of esters is 1. The number of carbonyl (C=O) groups excluding carboxylic acids is 1. The normalized spacial score (nSPS) is 14.6. The molecule has 0 saturated carbocycles. The average molecular weight is 455 g/mol. The number of para-hydroxylation sites is 1. The van der Waals surface area contributed by atoms with Crippen molar-refractivity contribution in [2.45, 2.75) is 33.1 Å². The van der Waals surface area contributed by atoms with Crippen LogP contribution < -0.4 is 19.9 Å². The number of rotatable bonds is 6. The van der Waals surface area contributed by atoms with E-state index in [9.17, 15) is 10.1 Å². The molecule has 3 aromatic rings. The molecule has 4 rings (SSSR count). The van der Waals surface area contributed by atoms with Crippen LogP contribution in [-0.4, -0.2) is 12.6 Å². The lowest BCUT2D eigenvalue weighted by molar-refractivity contribution is -0.136. The van der Waals surface area contributed by atoms with Gasteiger partial charge in [0.15, 0.2) is 6.61 Å². The molecule has 2 N–H and O–H groups in total. The van der Waals surface area contributed by atoms with E-state index in [1.165, 1.54) is 5.56 Å². The van der Waals surface area contributed by atoms with Gasteiger partial charge in [-0.1, -0.05) is 55.5 Å². The van der Waals surface area contributed by atoms with Crippen LogP contribution in [0, 0.1) is 25.2 Å². The molecule has 34 heavy (non-hydrogen) atoms. The zero-order valence-corrected chi connectivity index (χ0v) is 19.4. The lowest BCUT2D eigenvalue weighted by Crippen LogP contribution is -2.22. The second kappa shape index (κ2) is 9.72. The minimum absolute atomic E-state index is 0.0430. The highest BCUT2D eigenvalue weighted by Crippen LogP contribution is 2.43. The Morgan fingerprint density at radius 3 is 2.44 bits per heavy atom. The molecule has 1 unspecified atom stereocenters. The van der Waals surface area contributed by atoms with Crippen LogP contribution in [0.1, 0.15) is 40.7 Å². The highest BCUT2D eigenvalue weighted by molar-refractivity contribution is 5.74. The van der Waals surface area contributed by atoms with E-state index in [2.05, 4.69) is 13.0 Å². The Kier molecular flexibility index (Phi) is 6.55. The standard InChI is InChI=1S/C28H26N2O4/c1-4-19-8-10-20(11-9-19)26-22-13-12-21(14-24(22)34-28(30)23(26)15-29)33-25(31)16-32-27-17(2)6-5-7-18(27)3/h5-14,26H,4,16,30H2,1-3H3. The van der Waals surface area contributed by atoms with Gasteiger partial charge in [0.25, 0.3) is 0 Å². The zero-order valence-electron chi connectivity index (χ0n) is 19.4. The van der Waals surface area contributed by atoms with E-state index in [-0.39, 0.29) is 18.4 Å². The Morgan fingerprint density at radius 1 is 1.09 bits per heavy atom. The van der Waals surface area contributed by atoms with Crippen LogP contribution in [0.3, 0.4) is 0 Å². The summed E-state index contributed by atoms with van der Waals surface area (Å²) in [5.74, 6) is 0.570. The van der Waals surface area contributed by atoms with E-state index in [4.69, 9.17) is 19.9 Å². The summed E-state index contributed by atoms with van der Waals surface area (Å²) >= 11 is 0. The summed E-state index contributed by atoms with van der Waals surface area (Å²) in [6.45, 7) is 5.71. The summed E-state index contributed by atoms with van der Waals surface area (Å²) in [4.78, 5) is 12.4. The van der Waals surface area contributed by atoms with Crippen LogP contribution in [0.5, 0.6) is 17.2 Å². The topological polar surface area (TPSA) is 94.6 Å². The van der Waals surface area contributed by atoms with Gasteiger partial charge < -0.3 is 19.9 Å². The van der Waals surface area contributed by atoms with Crippen LogP contribution in [-0.2, 0) is 11.2 Å². The molecule has 0 aliphatic carbocycles. The number of aryl methyl sites for hydroxylation is 3. The SMILES string of the molecule is CCc1ccc(C2C(C#N)=C(N)Oc3cc(OC(=O)COc4c(C)cccc4C)ccc32)cc1. The molecule has 0 fully saturated rings. The van der Waals surface area contributed by atoms with E-state index in [1.807, 2.05) is 56.3 Å². The second-order valence-electron chi connectivity index (χ2n) is 8.20. The van der Waals surface area contributed by atoms with Gasteiger partial charge in [-0.3, -0.25) is 0 Å². The molecular weight excluding hydrogens is 428 g/mol. The van der Waals surface area contributed by atoms with Gasteiger partial charge in [0.1, 0.15) is 28.9 Å². The van der Waals surface area contributed by atoms with Gasteiger partial charge in [0.2, 0.25) is 5.88 Å². The van der Waals surface area contributed by atoms with Crippen LogP contribution in [0.25, 0.3) is 0 Å². The van der Waals surface area contributed by atoms with Crippen molar-refractivity contribution in [2.24, 2.45) is 5.73 Å². The molecule has 0 spiro atoms. The first-order valence-electron chi connectivity index (χ1n) is 11.1. The Hall–Kier alpha value is -4.24. The predicted octanol–water partition coefficient (Wildman–Crippen LogP) is 5.07. The van der Waals surface area contributed by atoms with Crippen molar-refractivity contribution in [1.29, 1.82) is 5.26 Å². The predicted molar refractivity (Wildman–Crippen MR) is 129 cm³/mol. The van der Waals surface area contributed by atoms with Crippen LogP contribution in [0.4, 0.5) is 0 Å². The Balaban J connectivity index is 1.55. The maximum Gasteiger partial charge on any atom is 0.349 e. The van der Waals surface area contributed by atoms with E-state index < -0.39 is 5.97 Å². The summed E-state index contributed by atoms with van der Waals surface area (Å²) in [7, 11) is 0. The molecular formula is C28H26N2O4. The molecule has 0 amide bonds. The third kappa shape index (κ3) is 4.60. The van der Waals surface area contributed by atoms with Crippen molar-refractivity contribution >= 4 is 5.97 Å². The van der Waals surface area contributed by atoms with Gasteiger partial charge in [-0.15, -0.1) is 0 Å². The smallest absolute Gasteiger partial charge is 0.349 e. The summed E-state index contributed by atoms with van der Waals surface area (Å²) in [6, 6.07) is 21.2. The number of hydrogen-bond donors (Lipinski definition) is 1. The summed E-state index contributed by atoms with van der Waals surface area (Å²) in [5, 5.41) is 9.73. The van der Waals surface area contributed by atoms with Gasteiger partial charge >= 0.3 is 5.97 Å². The molecule has 6 heteroatoms. The minimum atomic E-state index is -0.536. The fourth-order valence-electron chi connectivity index (χ4n) is 4.11. The van der Waals surface area contributed by atoms with E-state index in [0.717, 1.165) is 28.7 Å². The Morgan fingerprint density at radius 2 is 1.79 bits per heavy atom.